The molecule has 0 spiro atoms. The van der Waals surface area contributed by atoms with Crippen molar-refractivity contribution in [2.24, 2.45) is 5.92 Å². The Labute approximate surface area is 127 Å². The van der Waals surface area contributed by atoms with Crippen LogP contribution in [0.15, 0.2) is 29.2 Å². The second-order valence-corrected chi connectivity index (χ2v) is 6.20. The van der Waals surface area contributed by atoms with Crippen molar-refractivity contribution >= 4 is 17.3 Å². The van der Waals surface area contributed by atoms with Crippen LogP contribution in [-0.2, 0) is 15.8 Å². The van der Waals surface area contributed by atoms with Crippen molar-refractivity contribution in [3.8, 4) is 0 Å². The number of hydrogen-bond donors (Lipinski definition) is 0. The molecular weight excluding hydrogens is 257 g/mol. The minimum atomic E-state index is -1.20. The van der Waals surface area contributed by atoms with Gasteiger partial charge in [0, 0.05) is 6.04 Å². The third-order valence-electron chi connectivity index (χ3n) is 3.44. The Morgan fingerprint density at radius 1 is 1.26 bits per heavy atom. The van der Waals surface area contributed by atoms with Gasteiger partial charge in [-0.3, -0.25) is 0 Å². The third kappa shape index (κ3) is 3.18. The standard InChI is InChI=1S/C13H14NO2S.Li.H2O/c1-9-2-6-11(7-3-9)17(16)14-12(8-15)13(14)10-4-5-10;;/h2-3,6-7,10,12-13H,4-5H2,1H3;;1H2/q-1;+1;/p-1/t12-,13?,14?,17+;;/m0../s1. The minimum absolute atomic E-state index is 0. The fraction of sp³-hybridized carbons (Fsp3) is 0.462. The third-order valence-corrected chi connectivity index (χ3v) is 4.97. The van der Waals surface area contributed by atoms with Crippen molar-refractivity contribution < 1.29 is 33.3 Å². The van der Waals surface area contributed by atoms with Gasteiger partial charge in [-0.25, -0.2) is 14.8 Å². The largest absolute Gasteiger partial charge is 1.00 e. The van der Waals surface area contributed by atoms with E-state index in [0.29, 0.717) is 5.92 Å². The van der Waals surface area contributed by atoms with E-state index in [1.54, 1.807) is 4.31 Å². The summed E-state index contributed by atoms with van der Waals surface area (Å²) in [6.45, 7) is 2.00. The predicted molar refractivity (Wildman–Crippen MR) is 67.4 cm³/mol. The summed E-state index contributed by atoms with van der Waals surface area (Å²) in [6.07, 6.45) is 4.32. The van der Waals surface area contributed by atoms with Crippen molar-refractivity contribution in [3.05, 3.63) is 29.8 Å². The maximum absolute atomic E-state index is 12.3. The Morgan fingerprint density at radius 3 is 2.32 bits per heavy atom. The average Bonchev–Trinajstić information content (AvgIpc) is 3.21. The van der Waals surface area contributed by atoms with Crippen LogP contribution in [0.5, 0.6) is 0 Å². The fourth-order valence-electron chi connectivity index (χ4n) is 2.24. The Kier molecular flexibility index (Phi) is 5.54. The molecule has 6 heteroatoms. The maximum atomic E-state index is 12.3. The molecule has 4 atom stereocenters. The van der Waals surface area contributed by atoms with Gasteiger partial charge >= 0.3 is 18.9 Å². The molecule has 1 saturated carbocycles. The summed E-state index contributed by atoms with van der Waals surface area (Å²) in [7, 11) is -1.20. The normalized spacial score (nSPS) is 29.6. The second kappa shape index (κ2) is 6.34. The van der Waals surface area contributed by atoms with Crippen LogP contribution in [0.3, 0.4) is 0 Å². The molecule has 2 aliphatic rings. The minimum Gasteiger partial charge on any atom is -0.870 e. The topological polar surface area (TPSA) is 67.2 Å². The van der Waals surface area contributed by atoms with Gasteiger partial charge in [0.25, 0.3) is 0 Å². The molecule has 0 bridgehead atoms. The summed E-state index contributed by atoms with van der Waals surface area (Å²) < 4.78 is 14.1. The van der Waals surface area contributed by atoms with Gasteiger partial charge < -0.3 is 10.3 Å². The molecule has 0 amide bonds. The molecule has 2 fully saturated rings. The molecule has 98 valence electrons. The number of hydrogen-bond acceptors (Lipinski definition) is 3. The van der Waals surface area contributed by atoms with Crippen molar-refractivity contribution in [2.45, 2.75) is 36.7 Å². The quantitative estimate of drug-likeness (QED) is 0.377. The van der Waals surface area contributed by atoms with E-state index in [0.717, 1.165) is 23.3 Å². The Bertz CT molecular complexity index is 475. The molecular formula is C13H15LiNO3S-. The second-order valence-electron chi connectivity index (χ2n) is 4.81. The molecule has 1 aromatic rings. The number of benzene rings is 1. The Balaban J connectivity index is 0.000000902. The van der Waals surface area contributed by atoms with Gasteiger partial charge in [-0.1, -0.05) is 23.7 Å². The zero-order valence-electron chi connectivity index (χ0n) is 11.1. The van der Waals surface area contributed by atoms with E-state index in [1.807, 2.05) is 37.5 Å². The number of nitrogens with zero attached hydrogens (tertiary/aromatic N) is 1. The Hall–Kier alpha value is -0.443. The van der Waals surface area contributed by atoms with E-state index < -0.39 is 11.0 Å². The SMILES string of the molecule is Cc1ccc([S@@](=O)N2C(C3CC3)[C@@H]2[C-]=O)cc1.[Li+].[OH-]. The van der Waals surface area contributed by atoms with Gasteiger partial charge in [-0.2, -0.15) is 0 Å². The van der Waals surface area contributed by atoms with Crippen molar-refractivity contribution in [2.75, 3.05) is 0 Å². The predicted octanol–water partition coefficient (Wildman–Crippen LogP) is -1.58. The van der Waals surface area contributed by atoms with E-state index in [4.69, 9.17) is 0 Å². The molecule has 1 heterocycles. The molecule has 2 unspecified atom stereocenters. The van der Waals surface area contributed by atoms with Crippen LogP contribution < -0.4 is 18.9 Å². The van der Waals surface area contributed by atoms with E-state index >= 15 is 0 Å². The van der Waals surface area contributed by atoms with Gasteiger partial charge in [0.15, 0.2) is 0 Å². The van der Waals surface area contributed by atoms with Crippen LogP contribution in [0.25, 0.3) is 0 Å². The monoisotopic (exact) mass is 272 g/mol. The first kappa shape index (κ1) is 16.6. The van der Waals surface area contributed by atoms with Crippen LogP contribution in [-0.4, -0.2) is 32.4 Å². The molecule has 19 heavy (non-hydrogen) atoms. The summed E-state index contributed by atoms with van der Waals surface area (Å²) in [5.74, 6) is 0.566. The summed E-state index contributed by atoms with van der Waals surface area (Å²) in [5, 5.41) is 0. The molecule has 1 aromatic carbocycles. The van der Waals surface area contributed by atoms with Gasteiger partial charge in [-0.15, -0.1) is 0 Å². The van der Waals surface area contributed by atoms with Gasteiger partial charge in [0.2, 0.25) is 0 Å². The van der Waals surface area contributed by atoms with E-state index in [9.17, 15) is 9.00 Å². The number of carbonyl (C=O) groups excluding carboxylic acids is 1. The Morgan fingerprint density at radius 2 is 1.84 bits per heavy atom. The van der Waals surface area contributed by atoms with Crippen molar-refractivity contribution in [1.82, 2.24) is 4.31 Å². The van der Waals surface area contributed by atoms with Crippen LogP contribution >= 0.6 is 0 Å². The molecule has 1 N–H and O–H groups in total. The summed E-state index contributed by atoms with van der Waals surface area (Å²) in [5.41, 5.74) is 1.15. The molecule has 1 aliphatic heterocycles. The van der Waals surface area contributed by atoms with Gasteiger partial charge in [0.1, 0.15) is 11.0 Å². The number of aryl methyl sites for hydroxylation is 1. The van der Waals surface area contributed by atoms with Gasteiger partial charge in [-0.05, 0) is 37.8 Å². The maximum Gasteiger partial charge on any atom is 1.00 e. The molecule has 1 saturated heterocycles. The average molecular weight is 272 g/mol. The van der Waals surface area contributed by atoms with E-state index in [1.165, 1.54) is 0 Å². The fourth-order valence-corrected chi connectivity index (χ4v) is 3.68. The van der Waals surface area contributed by atoms with Crippen LogP contribution in [0.1, 0.15) is 18.4 Å². The zero-order valence-corrected chi connectivity index (χ0v) is 11.9. The molecule has 0 radical (unpaired) electrons. The summed E-state index contributed by atoms with van der Waals surface area (Å²) in [6, 6.07) is 7.56. The smallest absolute Gasteiger partial charge is 0.870 e. The molecule has 4 nitrogen and oxygen atoms in total. The van der Waals surface area contributed by atoms with Crippen molar-refractivity contribution in [1.29, 1.82) is 0 Å². The summed E-state index contributed by atoms with van der Waals surface area (Å²) >= 11 is 0. The van der Waals surface area contributed by atoms with Crippen LogP contribution in [0, 0.1) is 12.8 Å². The number of rotatable bonds is 4. The van der Waals surface area contributed by atoms with E-state index in [-0.39, 0.29) is 36.4 Å². The summed E-state index contributed by atoms with van der Waals surface area (Å²) in [4.78, 5) is 11.6. The van der Waals surface area contributed by atoms with Crippen molar-refractivity contribution in [3.63, 3.8) is 0 Å². The van der Waals surface area contributed by atoms with Crippen LogP contribution in [0.2, 0.25) is 0 Å². The van der Waals surface area contributed by atoms with E-state index in [2.05, 4.69) is 0 Å². The first-order valence-electron chi connectivity index (χ1n) is 5.87. The molecule has 1 aliphatic carbocycles. The van der Waals surface area contributed by atoms with Gasteiger partial charge in [0.05, 0.1) is 4.90 Å². The zero-order chi connectivity index (χ0) is 12.0. The first-order chi connectivity index (χ1) is 8.22. The van der Waals surface area contributed by atoms with Crippen LogP contribution in [0.4, 0.5) is 0 Å². The molecule has 3 rings (SSSR count). The molecule has 0 aromatic heterocycles. The first-order valence-corrected chi connectivity index (χ1v) is 6.97.